The number of carboxylic acids is 6. The maximum absolute atomic E-state index is 11.9. The quantitative estimate of drug-likeness (QED) is 0.142. The Morgan fingerprint density at radius 3 is 1.23 bits per heavy atom. The van der Waals surface area contributed by atoms with E-state index in [1.54, 1.807) is 20.8 Å². The largest absolute Gasteiger partial charge is 0.481 e. The molecule has 0 aromatic heterocycles. The van der Waals surface area contributed by atoms with Crippen molar-refractivity contribution in [2.24, 2.45) is 11.3 Å². The molecule has 0 aliphatic heterocycles. The van der Waals surface area contributed by atoms with E-state index in [-0.39, 0.29) is 19.3 Å². The molecule has 0 aliphatic carbocycles. The van der Waals surface area contributed by atoms with Crippen LogP contribution in [0.25, 0.3) is 0 Å². The van der Waals surface area contributed by atoms with Gasteiger partial charge in [0.05, 0.1) is 18.8 Å². The normalized spacial score (nSPS) is 14.0. The first-order chi connectivity index (χ1) is 15.9. The van der Waals surface area contributed by atoms with Crippen LogP contribution in [0, 0.1) is 11.3 Å². The van der Waals surface area contributed by atoms with E-state index < -0.39 is 71.2 Å². The molecule has 8 N–H and O–H groups in total. The lowest BCUT2D eigenvalue weighted by atomic mass is 9.60. The Labute approximate surface area is 200 Å². The van der Waals surface area contributed by atoms with Gasteiger partial charge in [-0.15, -0.1) is 0 Å². The van der Waals surface area contributed by atoms with E-state index >= 15 is 0 Å². The lowest BCUT2D eigenvalue weighted by Gasteiger charge is -2.44. The highest BCUT2D eigenvalue weighted by atomic mass is 16.4. The van der Waals surface area contributed by atoms with Crippen molar-refractivity contribution in [3.63, 3.8) is 0 Å². The zero-order valence-electron chi connectivity index (χ0n) is 19.8. The SMILES string of the molecule is CCCC(C(=O)O)C(O)(C(=O)O)C(CCC)(CCC)C(=O)O.O=C(O)CC(O)(CC(=O)O)C(=O)O. The Morgan fingerprint density at radius 2 is 1.03 bits per heavy atom. The lowest BCUT2D eigenvalue weighted by molar-refractivity contribution is -0.207. The fourth-order valence-corrected chi connectivity index (χ4v) is 3.94. The van der Waals surface area contributed by atoms with Gasteiger partial charge in [-0.25, -0.2) is 9.59 Å². The van der Waals surface area contributed by atoms with Gasteiger partial charge >= 0.3 is 35.8 Å². The molecule has 0 saturated carbocycles. The third-order valence-electron chi connectivity index (χ3n) is 5.48. The van der Waals surface area contributed by atoms with Crippen LogP contribution < -0.4 is 0 Å². The molecule has 0 fully saturated rings. The van der Waals surface area contributed by atoms with E-state index in [0.29, 0.717) is 19.3 Å². The van der Waals surface area contributed by atoms with Crippen molar-refractivity contribution in [3.8, 4) is 0 Å². The van der Waals surface area contributed by atoms with Crippen LogP contribution in [0.15, 0.2) is 0 Å². The summed E-state index contributed by atoms with van der Waals surface area (Å²) in [5.41, 5.74) is -7.62. The summed E-state index contributed by atoms with van der Waals surface area (Å²) in [5, 5.41) is 73.2. The molecule has 2 unspecified atom stereocenters. The van der Waals surface area contributed by atoms with Crippen molar-refractivity contribution in [3.05, 3.63) is 0 Å². The second-order valence-electron chi connectivity index (χ2n) is 8.12. The minimum atomic E-state index is -2.85. The second-order valence-corrected chi connectivity index (χ2v) is 8.12. The summed E-state index contributed by atoms with van der Waals surface area (Å²) >= 11 is 0. The Kier molecular flexibility index (Phi) is 13.8. The Hall–Kier alpha value is -3.26. The molecule has 14 heteroatoms. The minimum Gasteiger partial charge on any atom is -0.481 e. The van der Waals surface area contributed by atoms with Gasteiger partial charge in [0.15, 0.2) is 11.2 Å². The van der Waals surface area contributed by atoms with E-state index in [1.807, 2.05) is 0 Å². The monoisotopic (exact) mass is 510 g/mol. The van der Waals surface area contributed by atoms with Gasteiger partial charge in [0, 0.05) is 0 Å². The van der Waals surface area contributed by atoms with Crippen LogP contribution in [0.4, 0.5) is 0 Å². The number of carbonyl (C=O) groups is 6. The van der Waals surface area contributed by atoms with Crippen molar-refractivity contribution < 1.29 is 69.6 Å². The van der Waals surface area contributed by atoms with Crippen LogP contribution >= 0.6 is 0 Å². The first kappa shape index (κ1) is 33.9. The third kappa shape index (κ3) is 8.47. The molecule has 14 nitrogen and oxygen atoms in total. The number of aliphatic carboxylic acids is 6. The molecular formula is C21H34O14. The summed E-state index contributed by atoms with van der Waals surface area (Å²) in [4.78, 5) is 65.6. The van der Waals surface area contributed by atoms with E-state index in [2.05, 4.69) is 0 Å². The highest BCUT2D eigenvalue weighted by Gasteiger charge is 2.65. The molecule has 0 spiro atoms. The van der Waals surface area contributed by atoms with E-state index in [9.17, 15) is 49.2 Å². The van der Waals surface area contributed by atoms with Gasteiger partial charge in [-0.1, -0.05) is 40.0 Å². The second kappa shape index (κ2) is 14.2. The fourth-order valence-electron chi connectivity index (χ4n) is 3.94. The highest BCUT2D eigenvalue weighted by molar-refractivity contribution is 5.93. The van der Waals surface area contributed by atoms with E-state index in [4.69, 9.17) is 20.4 Å². The molecule has 0 bridgehead atoms. The van der Waals surface area contributed by atoms with E-state index in [1.165, 1.54) is 0 Å². The Bertz CT molecular complexity index is 767. The van der Waals surface area contributed by atoms with Crippen LogP contribution in [-0.4, -0.2) is 87.9 Å². The summed E-state index contributed by atoms with van der Waals surface area (Å²) in [6, 6.07) is 0. The van der Waals surface area contributed by atoms with Gasteiger partial charge in [-0.2, -0.15) is 0 Å². The molecule has 35 heavy (non-hydrogen) atoms. The Balaban J connectivity index is 0. The molecule has 202 valence electrons. The van der Waals surface area contributed by atoms with Gasteiger partial charge in [0.1, 0.15) is 5.41 Å². The fraction of sp³-hybridized carbons (Fsp3) is 0.714. The summed E-state index contributed by atoms with van der Waals surface area (Å²) in [6.07, 6.45) is -1.65. The van der Waals surface area contributed by atoms with Crippen LogP contribution in [0.3, 0.4) is 0 Å². The molecule has 0 aliphatic rings. The topological polar surface area (TPSA) is 264 Å². The van der Waals surface area contributed by atoms with E-state index in [0.717, 1.165) is 0 Å². The molecule has 0 saturated heterocycles. The minimum absolute atomic E-state index is 0.105. The van der Waals surface area contributed by atoms with Crippen molar-refractivity contribution in [2.75, 3.05) is 0 Å². The maximum Gasteiger partial charge on any atom is 0.337 e. The van der Waals surface area contributed by atoms with Gasteiger partial charge in [0.25, 0.3) is 0 Å². The number of carboxylic acid groups (broad SMARTS) is 6. The molecule has 0 rings (SSSR count). The van der Waals surface area contributed by atoms with Gasteiger partial charge < -0.3 is 40.9 Å². The average molecular weight is 510 g/mol. The first-order valence-electron chi connectivity index (χ1n) is 10.7. The standard InChI is InChI=1S/C15H26O7.C6H8O7/c1-4-7-10(11(16)17)15(22,13(20)21)14(8-5-2,9-6-3)12(18)19;7-3(8)1-6(13,5(11)12)2-4(9)10/h10,22H,4-9H2,1-3H3,(H,16,17)(H,18,19)(H,20,21);13H,1-2H2,(H,7,8)(H,9,10)(H,11,12). The van der Waals surface area contributed by atoms with Crippen LogP contribution in [0.1, 0.15) is 72.1 Å². The van der Waals surface area contributed by atoms with Gasteiger partial charge in [0.2, 0.25) is 0 Å². The van der Waals surface area contributed by atoms with Crippen LogP contribution in [0.2, 0.25) is 0 Å². The van der Waals surface area contributed by atoms with Crippen molar-refractivity contribution in [1.82, 2.24) is 0 Å². The van der Waals surface area contributed by atoms with Crippen molar-refractivity contribution in [1.29, 1.82) is 0 Å². The molecule has 2 atom stereocenters. The highest BCUT2D eigenvalue weighted by Crippen LogP contribution is 2.47. The Morgan fingerprint density at radius 1 is 0.629 bits per heavy atom. The molecule has 0 heterocycles. The summed E-state index contributed by atoms with van der Waals surface area (Å²) < 4.78 is 0. The molecule has 0 aromatic carbocycles. The van der Waals surface area contributed by atoms with Crippen molar-refractivity contribution in [2.45, 2.75) is 83.3 Å². The third-order valence-corrected chi connectivity index (χ3v) is 5.48. The number of aliphatic hydroxyl groups is 2. The number of rotatable bonds is 16. The maximum atomic E-state index is 11.9. The molecule has 0 radical (unpaired) electrons. The zero-order chi connectivity index (χ0) is 28.2. The zero-order valence-corrected chi connectivity index (χ0v) is 19.8. The smallest absolute Gasteiger partial charge is 0.337 e. The molecule has 0 amide bonds. The molecule has 0 aromatic rings. The van der Waals surface area contributed by atoms with Gasteiger partial charge in [-0.3, -0.25) is 19.2 Å². The average Bonchev–Trinajstić information content (AvgIpc) is 2.69. The molecular weight excluding hydrogens is 476 g/mol. The summed E-state index contributed by atoms with van der Waals surface area (Å²) in [6.45, 7) is 5.00. The van der Waals surface area contributed by atoms with Gasteiger partial charge in [-0.05, 0) is 19.3 Å². The summed E-state index contributed by atoms with van der Waals surface area (Å²) in [5.74, 6) is -11.5. The van der Waals surface area contributed by atoms with Crippen LogP contribution in [-0.2, 0) is 28.8 Å². The summed E-state index contributed by atoms with van der Waals surface area (Å²) in [7, 11) is 0. The first-order valence-corrected chi connectivity index (χ1v) is 10.7. The predicted octanol–water partition coefficient (Wildman–Crippen LogP) is 0.726. The van der Waals surface area contributed by atoms with Crippen LogP contribution in [0.5, 0.6) is 0 Å². The lowest BCUT2D eigenvalue weighted by Crippen LogP contribution is -2.64. The number of hydrogen-bond acceptors (Lipinski definition) is 8. The van der Waals surface area contributed by atoms with Crippen molar-refractivity contribution >= 4 is 35.8 Å². The predicted molar refractivity (Wildman–Crippen MR) is 116 cm³/mol. The number of hydrogen-bond donors (Lipinski definition) is 8.